The van der Waals surface area contributed by atoms with Crippen molar-refractivity contribution in [3.05, 3.63) is 95.7 Å². The molecule has 0 aliphatic carbocycles. The Balaban J connectivity index is 1.36. The van der Waals surface area contributed by atoms with E-state index in [1.807, 2.05) is 12.1 Å². The van der Waals surface area contributed by atoms with E-state index in [0.717, 1.165) is 16.5 Å². The number of amides is 2. The fourth-order valence-electron chi connectivity index (χ4n) is 4.26. The Morgan fingerprint density at radius 3 is 2.40 bits per heavy atom. The van der Waals surface area contributed by atoms with E-state index in [2.05, 4.69) is 20.9 Å². The predicted octanol–water partition coefficient (Wildman–Crippen LogP) is 5.43. The minimum atomic E-state index is -1.05. The molecule has 1 aromatic heterocycles. The summed E-state index contributed by atoms with van der Waals surface area (Å²) in [6.07, 6.45) is 0.934. The fraction of sp³-hybridized carbons (Fsp3) is 0.250. The second-order valence-electron chi connectivity index (χ2n) is 10.8. The van der Waals surface area contributed by atoms with Crippen LogP contribution in [0.1, 0.15) is 43.5 Å². The third kappa shape index (κ3) is 8.99. The lowest BCUT2D eigenvalue weighted by Crippen LogP contribution is -2.27. The number of rotatable bonds is 11. The molecule has 1 atom stereocenters. The molecular weight excluding hydrogens is 550 g/mol. The normalized spacial score (nSPS) is 11.9. The van der Waals surface area contributed by atoms with E-state index in [-0.39, 0.29) is 19.1 Å². The monoisotopic (exact) mass is 585 g/mol. The van der Waals surface area contributed by atoms with Crippen molar-refractivity contribution < 1.29 is 29.0 Å². The van der Waals surface area contributed by atoms with Crippen molar-refractivity contribution in [2.24, 2.45) is 5.73 Å². The standard InChI is InChI=1S/C32H35N5O6/c1-32(2,3)43-31(41)37-29-26-12-11-25(16-23(26)13-14-34-29)36-28(30(39)40)22-9-7-20(8-10-22)18-42-19-27(38)35-24-6-4-5-21(15-24)17-33/h4-16,28,36H,17-19,33H2,1-3H3,(H,35,38)(H,39,40)(H,34,37,41). The third-order valence-corrected chi connectivity index (χ3v) is 6.20. The zero-order valence-electron chi connectivity index (χ0n) is 24.2. The topological polar surface area (TPSA) is 165 Å². The summed E-state index contributed by atoms with van der Waals surface area (Å²) in [6, 6.07) is 20.2. The molecule has 6 N–H and O–H groups in total. The summed E-state index contributed by atoms with van der Waals surface area (Å²) in [6.45, 7) is 5.74. The van der Waals surface area contributed by atoms with E-state index >= 15 is 0 Å². The van der Waals surface area contributed by atoms with Gasteiger partial charge in [-0.05, 0) is 79.2 Å². The number of nitrogens with one attached hydrogen (secondary N) is 3. The van der Waals surface area contributed by atoms with E-state index < -0.39 is 23.7 Å². The lowest BCUT2D eigenvalue weighted by atomic mass is 10.0. The van der Waals surface area contributed by atoms with E-state index in [1.165, 1.54) is 0 Å². The molecule has 4 aromatic rings. The maximum atomic E-state index is 12.2. The van der Waals surface area contributed by atoms with E-state index in [9.17, 15) is 19.5 Å². The van der Waals surface area contributed by atoms with Crippen LogP contribution in [0.25, 0.3) is 10.8 Å². The minimum absolute atomic E-state index is 0.138. The SMILES string of the molecule is CC(C)(C)OC(=O)Nc1nccc2cc(NC(C(=O)O)c3ccc(COCC(=O)Nc4cccc(CN)c4)cc3)ccc12. The number of ether oxygens (including phenoxy) is 2. The lowest BCUT2D eigenvalue weighted by molar-refractivity contribution is -0.138. The maximum Gasteiger partial charge on any atom is 0.413 e. The van der Waals surface area contributed by atoms with Crippen LogP contribution in [0.2, 0.25) is 0 Å². The summed E-state index contributed by atoms with van der Waals surface area (Å²) in [7, 11) is 0. The van der Waals surface area contributed by atoms with Crippen molar-refractivity contribution in [3.63, 3.8) is 0 Å². The van der Waals surface area contributed by atoms with Gasteiger partial charge in [0, 0.05) is 29.5 Å². The molecule has 0 fully saturated rings. The second-order valence-corrected chi connectivity index (χ2v) is 10.8. The average Bonchev–Trinajstić information content (AvgIpc) is 2.95. The molecule has 2 amide bonds. The molecule has 3 aromatic carbocycles. The maximum absolute atomic E-state index is 12.2. The molecule has 0 saturated carbocycles. The van der Waals surface area contributed by atoms with Gasteiger partial charge in [0.1, 0.15) is 18.0 Å². The number of nitrogens with two attached hydrogens (primary N) is 1. The van der Waals surface area contributed by atoms with Crippen LogP contribution >= 0.6 is 0 Å². The summed E-state index contributed by atoms with van der Waals surface area (Å²) in [5, 5.41) is 19.9. The minimum Gasteiger partial charge on any atom is -0.479 e. The molecule has 0 aliphatic rings. The Morgan fingerprint density at radius 2 is 1.70 bits per heavy atom. The zero-order valence-corrected chi connectivity index (χ0v) is 24.2. The van der Waals surface area contributed by atoms with Gasteiger partial charge in [-0.25, -0.2) is 14.6 Å². The molecule has 4 rings (SSSR count). The largest absolute Gasteiger partial charge is 0.479 e. The Labute approximate surface area is 249 Å². The molecule has 0 spiro atoms. The Kier molecular flexibility index (Phi) is 9.91. The molecule has 224 valence electrons. The van der Waals surface area contributed by atoms with Gasteiger partial charge in [0.25, 0.3) is 0 Å². The van der Waals surface area contributed by atoms with Crippen LogP contribution in [0.5, 0.6) is 0 Å². The lowest BCUT2D eigenvalue weighted by Gasteiger charge is -2.20. The summed E-state index contributed by atoms with van der Waals surface area (Å²) in [4.78, 5) is 40.9. The first-order chi connectivity index (χ1) is 20.5. The second kappa shape index (κ2) is 13.8. The molecule has 1 unspecified atom stereocenters. The molecule has 0 saturated heterocycles. The highest BCUT2D eigenvalue weighted by Crippen LogP contribution is 2.28. The van der Waals surface area contributed by atoms with Gasteiger partial charge < -0.3 is 30.9 Å². The number of hydrogen-bond donors (Lipinski definition) is 5. The molecule has 0 aliphatic heterocycles. The Hall–Kier alpha value is -5.00. The number of aliphatic carboxylic acids is 1. The number of benzene rings is 3. The zero-order chi connectivity index (χ0) is 31.0. The number of carbonyl (C=O) groups is 3. The van der Waals surface area contributed by atoms with Crippen molar-refractivity contribution in [3.8, 4) is 0 Å². The molecule has 11 heteroatoms. The number of pyridine rings is 1. The van der Waals surface area contributed by atoms with Gasteiger partial charge >= 0.3 is 12.1 Å². The van der Waals surface area contributed by atoms with E-state index in [0.29, 0.717) is 34.7 Å². The fourth-order valence-corrected chi connectivity index (χ4v) is 4.26. The number of nitrogens with zero attached hydrogens (tertiary/aromatic N) is 1. The number of carboxylic acids is 1. The van der Waals surface area contributed by atoms with Crippen molar-refractivity contribution in [1.29, 1.82) is 0 Å². The van der Waals surface area contributed by atoms with Crippen molar-refractivity contribution in [2.45, 2.75) is 45.6 Å². The quantitative estimate of drug-likeness (QED) is 0.154. The number of anilines is 3. The summed E-state index contributed by atoms with van der Waals surface area (Å²) in [5.41, 5.74) is 8.44. The van der Waals surface area contributed by atoms with Crippen LogP contribution in [0.3, 0.4) is 0 Å². The summed E-state index contributed by atoms with van der Waals surface area (Å²) in [5.74, 6) is -1.01. The van der Waals surface area contributed by atoms with E-state index in [4.69, 9.17) is 15.2 Å². The molecule has 1 heterocycles. The first-order valence-corrected chi connectivity index (χ1v) is 13.6. The number of aromatic nitrogens is 1. The van der Waals surface area contributed by atoms with E-state index in [1.54, 1.807) is 87.6 Å². The van der Waals surface area contributed by atoms with Gasteiger partial charge in [-0.1, -0.05) is 36.4 Å². The highest BCUT2D eigenvalue weighted by molar-refractivity contribution is 5.99. The van der Waals surface area contributed by atoms with Gasteiger partial charge in [-0.3, -0.25) is 10.1 Å². The summed E-state index contributed by atoms with van der Waals surface area (Å²) >= 11 is 0. The molecule has 43 heavy (non-hydrogen) atoms. The smallest absolute Gasteiger partial charge is 0.413 e. The molecule has 0 radical (unpaired) electrons. The van der Waals surface area contributed by atoms with Crippen LogP contribution in [0.4, 0.5) is 22.0 Å². The summed E-state index contributed by atoms with van der Waals surface area (Å²) < 4.78 is 10.9. The predicted molar refractivity (Wildman–Crippen MR) is 165 cm³/mol. The molecule has 11 nitrogen and oxygen atoms in total. The van der Waals surface area contributed by atoms with Gasteiger partial charge in [-0.2, -0.15) is 0 Å². The number of fused-ring (bicyclic) bond motifs is 1. The van der Waals surface area contributed by atoms with Crippen LogP contribution < -0.4 is 21.7 Å². The van der Waals surface area contributed by atoms with Gasteiger partial charge in [0.15, 0.2) is 6.04 Å². The first kappa shape index (κ1) is 30.9. The number of hydrogen-bond acceptors (Lipinski definition) is 8. The van der Waals surface area contributed by atoms with Crippen molar-refractivity contribution in [2.75, 3.05) is 22.6 Å². The van der Waals surface area contributed by atoms with Crippen LogP contribution in [0, 0.1) is 0 Å². The highest BCUT2D eigenvalue weighted by Gasteiger charge is 2.21. The average molecular weight is 586 g/mol. The number of carbonyl (C=O) groups excluding carboxylic acids is 2. The Morgan fingerprint density at radius 1 is 0.930 bits per heavy atom. The number of carboxylic acid groups (broad SMARTS) is 1. The van der Waals surface area contributed by atoms with Crippen LogP contribution in [0.15, 0.2) is 79.0 Å². The van der Waals surface area contributed by atoms with Gasteiger partial charge in [0.2, 0.25) is 5.91 Å². The van der Waals surface area contributed by atoms with Crippen molar-refractivity contribution in [1.82, 2.24) is 4.98 Å². The van der Waals surface area contributed by atoms with Crippen molar-refractivity contribution >= 4 is 45.9 Å². The molecular formula is C32H35N5O6. The van der Waals surface area contributed by atoms with Crippen LogP contribution in [-0.2, 0) is 32.2 Å². The van der Waals surface area contributed by atoms with Crippen LogP contribution in [-0.4, -0.2) is 40.3 Å². The van der Waals surface area contributed by atoms with Gasteiger partial charge in [0.05, 0.1) is 6.61 Å². The Bertz CT molecular complexity index is 1600. The highest BCUT2D eigenvalue weighted by atomic mass is 16.6. The van der Waals surface area contributed by atoms with Gasteiger partial charge in [-0.15, -0.1) is 0 Å². The molecule has 0 bridgehead atoms. The third-order valence-electron chi connectivity index (χ3n) is 6.20. The first-order valence-electron chi connectivity index (χ1n) is 13.6.